The number of benzene rings is 1. The third kappa shape index (κ3) is 13.0. The number of carboxylic acids is 1. The zero-order chi connectivity index (χ0) is 29.5. The highest BCUT2D eigenvalue weighted by molar-refractivity contribution is 7.98. The summed E-state index contributed by atoms with van der Waals surface area (Å²) in [6.07, 6.45) is 1.11. The average Bonchev–Trinajstić information content (AvgIpc) is 2.87. The number of primary amides is 2. The van der Waals surface area contributed by atoms with Gasteiger partial charge in [0.25, 0.3) is 0 Å². The number of carbonyl (C=O) groups is 6. The Hall–Kier alpha value is -3.85. The van der Waals surface area contributed by atoms with Gasteiger partial charge in [0.2, 0.25) is 29.5 Å². The zero-order valence-corrected chi connectivity index (χ0v) is 22.4. The van der Waals surface area contributed by atoms with Gasteiger partial charge in [-0.25, -0.2) is 4.79 Å². The Labute approximate surface area is 229 Å². The maximum Gasteiger partial charge on any atom is 0.326 e. The van der Waals surface area contributed by atoms with Gasteiger partial charge in [-0.2, -0.15) is 11.8 Å². The molecule has 15 heteroatoms. The topological polar surface area (TPSA) is 257 Å². The van der Waals surface area contributed by atoms with Crippen LogP contribution in [-0.4, -0.2) is 81.9 Å². The Morgan fingerprint density at radius 2 is 1.31 bits per heavy atom. The lowest BCUT2D eigenvalue weighted by Gasteiger charge is -2.25. The molecule has 0 fully saturated rings. The van der Waals surface area contributed by atoms with E-state index in [9.17, 15) is 39.0 Å². The van der Waals surface area contributed by atoms with Crippen molar-refractivity contribution in [3.63, 3.8) is 0 Å². The third-order valence-electron chi connectivity index (χ3n) is 5.59. The molecule has 1 rings (SSSR count). The van der Waals surface area contributed by atoms with Gasteiger partial charge in [0, 0.05) is 19.3 Å². The molecule has 0 bridgehead atoms. The van der Waals surface area contributed by atoms with Crippen molar-refractivity contribution in [2.45, 2.75) is 62.7 Å². The molecule has 0 aliphatic heterocycles. The number of carbonyl (C=O) groups excluding carboxylic acids is 5. The Kier molecular flexibility index (Phi) is 14.4. The van der Waals surface area contributed by atoms with Crippen LogP contribution in [0.2, 0.25) is 0 Å². The number of amides is 5. The molecule has 4 unspecified atom stereocenters. The number of nitrogens with two attached hydrogens (primary N) is 3. The Morgan fingerprint density at radius 1 is 0.795 bits per heavy atom. The molecule has 39 heavy (non-hydrogen) atoms. The summed E-state index contributed by atoms with van der Waals surface area (Å²) in [5.74, 6) is -4.63. The van der Waals surface area contributed by atoms with Crippen molar-refractivity contribution in [3.8, 4) is 5.75 Å². The van der Waals surface area contributed by atoms with Crippen LogP contribution >= 0.6 is 11.8 Å². The molecule has 0 aliphatic carbocycles. The molecule has 216 valence electrons. The van der Waals surface area contributed by atoms with E-state index in [1.54, 1.807) is 6.26 Å². The normalized spacial score (nSPS) is 13.8. The number of hydrogen-bond acceptors (Lipinski definition) is 9. The van der Waals surface area contributed by atoms with Gasteiger partial charge in [-0.3, -0.25) is 24.0 Å². The summed E-state index contributed by atoms with van der Waals surface area (Å²) in [6.45, 7) is 0. The second-order valence-electron chi connectivity index (χ2n) is 8.79. The Balaban J connectivity index is 3.15. The summed E-state index contributed by atoms with van der Waals surface area (Å²) in [5, 5.41) is 26.4. The Bertz CT molecular complexity index is 1020. The lowest BCUT2D eigenvalue weighted by atomic mass is 10.0. The van der Waals surface area contributed by atoms with E-state index in [1.165, 1.54) is 36.0 Å². The number of aromatic hydroxyl groups is 1. The van der Waals surface area contributed by atoms with E-state index >= 15 is 0 Å². The van der Waals surface area contributed by atoms with Crippen LogP contribution in [0.25, 0.3) is 0 Å². The Morgan fingerprint density at radius 3 is 1.85 bits per heavy atom. The highest BCUT2D eigenvalue weighted by atomic mass is 32.2. The van der Waals surface area contributed by atoms with E-state index in [2.05, 4.69) is 16.0 Å². The number of phenolic OH excluding ortho intramolecular Hbond substituents is 1. The quantitative estimate of drug-likeness (QED) is 0.0974. The monoisotopic (exact) mass is 568 g/mol. The molecule has 4 atom stereocenters. The summed E-state index contributed by atoms with van der Waals surface area (Å²) in [5.41, 5.74) is 16.6. The van der Waals surface area contributed by atoms with E-state index in [1.807, 2.05) is 0 Å². The molecule has 11 N–H and O–H groups in total. The van der Waals surface area contributed by atoms with Crippen LogP contribution in [0, 0.1) is 0 Å². The molecule has 14 nitrogen and oxygen atoms in total. The van der Waals surface area contributed by atoms with Crippen molar-refractivity contribution >= 4 is 47.3 Å². The number of nitrogens with one attached hydrogen (secondary N) is 3. The summed E-state index contributed by atoms with van der Waals surface area (Å²) >= 11 is 1.40. The van der Waals surface area contributed by atoms with Crippen molar-refractivity contribution < 1.29 is 39.0 Å². The lowest BCUT2D eigenvalue weighted by Crippen LogP contribution is -2.57. The standard InChI is InChI=1S/C24H36N6O8S/c1-39-11-10-17(24(37)38)29-23(36)18(12-13-2-4-14(31)5-3-13)30-22(35)16(7-9-20(27)33)28-21(34)15(25)6-8-19(26)32/h2-5,15-18,31H,6-12,25H2,1H3,(H2,26,32)(H2,27,33)(H,28,34)(H,29,36)(H,30,35)(H,37,38). The fourth-order valence-corrected chi connectivity index (χ4v) is 3.85. The lowest BCUT2D eigenvalue weighted by molar-refractivity contribution is -0.142. The highest BCUT2D eigenvalue weighted by Gasteiger charge is 2.30. The van der Waals surface area contributed by atoms with E-state index in [0.717, 1.165) is 0 Å². The molecule has 0 heterocycles. The summed E-state index contributed by atoms with van der Waals surface area (Å²) < 4.78 is 0. The van der Waals surface area contributed by atoms with Gasteiger partial charge < -0.3 is 43.4 Å². The van der Waals surface area contributed by atoms with Crippen molar-refractivity contribution in [2.24, 2.45) is 17.2 Å². The largest absolute Gasteiger partial charge is 0.508 e. The smallest absolute Gasteiger partial charge is 0.326 e. The molecule has 1 aromatic carbocycles. The van der Waals surface area contributed by atoms with E-state index in [-0.39, 0.29) is 44.3 Å². The molecule has 0 saturated carbocycles. The maximum absolute atomic E-state index is 13.2. The first-order valence-electron chi connectivity index (χ1n) is 12.1. The second-order valence-corrected chi connectivity index (χ2v) is 9.78. The van der Waals surface area contributed by atoms with E-state index < -0.39 is 59.7 Å². The van der Waals surface area contributed by atoms with Crippen LogP contribution in [0.4, 0.5) is 0 Å². The number of carboxylic acid groups (broad SMARTS) is 1. The van der Waals surface area contributed by atoms with Gasteiger partial charge in [0.1, 0.15) is 23.9 Å². The predicted octanol–water partition coefficient (Wildman–Crippen LogP) is -1.91. The number of hydrogen-bond donors (Lipinski definition) is 8. The number of thioether (sulfide) groups is 1. The van der Waals surface area contributed by atoms with E-state index in [4.69, 9.17) is 17.2 Å². The first-order chi connectivity index (χ1) is 18.3. The minimum absolute atomic E-state index is 0.0197. The van der Waals surface area contributed by atoms with Crippen LogP contribution in [-0.2, 0) is 35.2 Å². The number of rotatable bonds is 18. The summed E-state index contributed by atoms with van der Waals surface area (Å²) in [7, 11) is 0. The average molecular weight is 569 g/mol. The fraction of sp³-hybridized carbons (Fsp3) is 0.500. The van der Waals surface area contributed by atoms with Crippen LogP contribution in [0.15, 0.2) is 24.3 Å². The molecular formula is C24H36N6O8S. The van der Waals surface area contributed by atoms with Gasteiger partial charge in [0.05, 0.1) is 6.04 Å². The molecule has 5 amide bonds. The first-order valence-corrected chi connectivity index (χ1v) is 13.5. The van der Waals surface area contributed by atoms with Crippen LogP contribution in [0.3, 0.4) is 0 Å². The molecule has 0 aliphatic rings. The van der Waals surface area contributed by atoms with Crippen LogP contribution in [0.1, 0.15) is 37.7 Å². The summed E-state index contributed by atoms with van der Waals surface area (Å²) in [4.78, 5) is 72.8. The van der Waals surface area contributed by atoms with Crippen molar-refractivity contribution in [1.82, 2.24) is 16.0 Å². The maximum atomic E-state index is 13.2. The third-order valence-corrected chi connectivity index (χ3v) is 6.23. The molecule has 1 aromatic rings. The van der Waals surface area contributed by atoms with Gasteiger partial charge in [-0.15, -0.1) is 0 Å². The van der Waals surface area contributed by atoms with Crippen molar-refractivity contribution in [3.05, 3.63) is 29.8 Å². The minimum atomic E-state index is -1.33. The van der Waals surface area contributed by atoms with Gasteiger partial charge >= 0.3 is 5.97 Å². The number of phenols is 1. The highest BCUT2D eigenvalue weighted by Crippen LogP contribution is 2.12. The molecule has 0 aromatic heterocycles. The molecule has 0 spiro atoms. The first kappa shape index (κ1) is 33.2. The fourth-order valence-electron chi connectivity index (χ4n) is 3.38. The van der Waals surface area contributed by atoms with Gasteiger partial charge in [0.15, 0.2) is 0 Å². The minimum Gasteiger partial charge on any atom is -0.508 e. The molecule has 0 radical (unpaired) electrons. The van der Waals surface area contributed by atoms with Crippen molar-refractivity contribution in [1.29, 1.82) is 0 Å². The van der Waals surface area contributed by atoms with Crippen molar-refractivity contribution in [2.75, 3.05) is 12.0 Å². The second kappa shape index (κ2) is 16.9. The number of aliphatic carboxylic acids is 1. The predicted molar refractivity (Wildman–Crippen MR) is 143 cm³/mol. The SMILES string of the molecule is CSCCC(NC(=O)C(Cc1ccc(O)cc1)NC(=O)C(CCC(N)=O)NC(=O)C(N)CCC(N)=O)C(=O)O. The summed E-state index contributed by atoms with van der Waals surface area (Å²) in [6, 6.07) is 0.814. The molecule has 0 saturated heterocycles. The van der Waals surface area contributed by atoms with Gasteiger partial charge in [-0.1, -0.05) is 12.1 Å². The van der Waals surface area contributed by atoms with Crippen LogP contribution < -0.4 is 33.2 Å². The van der Waals surface area contributed by atoms with E-state index in [0.29, 0.717) is 11.3 Å². The molecular weight excluding hydrogens is 532 g/mol. The van der Waals surface area contributed by atoms with Crippen LogP contribution in [0.5, 0.6) is 5.75 Å². The van der Waals surface area contributed by atoms with Gasteiger partial charge in [-0.05, 0) is 49.0 Å². The zero-order valence-electron chi connectivity index (χ0n) is 21.6.